The molecule has 0 spiro atoms. The summed E-state index contributed by atoms with van der Waals surface area (Å²) in [6, 6.07) is 7.38. The summed E-state index contributed by atoms with van der Waals surface area (Å²) in [7, 11) is 0. The first kappa shape index (κ1) is 15.2. The van der Waals surface area contributed by atoms with Crippen molar-refractivity contribution in [1.82, 2.24) is 0 Å². The molecule has 1 aromatic rings. The first-order chi connectivity index (χ1) is 9.13. The van der Waals surface area contributed by atoms with Gasteiger partial charge in [-0.1, -0.05) is 50.5 Å². The van der Waals surface area contributed by atoms with Crippen LogP contribution in [0.25, 0.3) is 0 Å². The molecule has 0 aliphatic rings. The predicted molar refractivity (Wildman–Crippen MR) is 75.4 cm³/mol. The summed E-state index contributed by atoms with van der Waals surface area (Å²) in [5.74, 6) is -1.39. The van der Waals surface area contributed by atoms with Crippen LogP contribution < -0.4 is 0 Å². The van der Waals surface area contributed by atoms with E-state index in [1.165, 1.54) is 31.2 Å². The van der Waals surface area contributed by atoms with Crippen LogP contribution in [-0.2, 0) is 11.2 Å². The van der Waals surface area contributed by atoms with E-state index in [2.05, 4.69) is 6.92 Å². The highest BCUT2D eigenvalue weighted by Gasteiger charge is 2.02. The Morgan fingerprint density at radius 3 is 2.32 bits per heavy atom. The van der Waals surface area contributed by atoms with Crippen LogP contribution in [0, 0.1) is 0 Å². The number of ketones is 1. The van der Waals surface area contributed by atoms with Crippen molar-refractivity contribution in [3.05, 3.63) is 47.5 Å². The molecule has 1 rings (SSSR count). The fourth-order valence-corrected chi connectivity index (χ4v) is 1.83. The lowest BCUT2D eigenvalue weighted by Gasteiger charge is -2.02. The van der Waals surface area contributed by atoms with Gasteiger partial charge in [0, 0.05) is 11.6 Å². The third-order valence-electron chi connectivity index (χ3n) is 2.93. The lowest BCUT2D eigenvalue weighted by molar-refractivity contribution is -0.131. The summed E-state index contributed by atoms with van der Waals surface area (Å²) < 4.78 is 0. The lowest BCUT2D eigenvalue weighted by Crippen LogP contribution is -1.97. The summed E-state index contributed by atoms with van der Waals surface area (Å²) in [5.41, 5.74) is 1.74. The van der Waals surface area contributed by atoms with E-state index in [1.807, 2.05) is 12.1 Å². The maximum absolute atomic E-state index is 11.6. The number of allylic oxidation sites excluding steroid dienone is 1. The first-order valence-corrected chi connectivity index (χ1v) is 6.67. The lowest BCUT2D eigenvalue weighted by atomic mass is 10.0. The average molecular weight is 260 g/mol. The number of rotatable bonds is 8. The summed E-state index contributed by atoms with van der Waals surface area (Å²) in [6.45, 7) is 2.19. The minimum Gasteiger partial charge on any atom is -0.478 e. The standard InChI is InChI=1S/C16H20O3/c1-2-3-4-5-6-13-7-9-14(10-8-13)15(17)11-12-16(18)19/h7-12H,2-6H2,1H3,(H,18,19)/b12-11-. The van der Waals surface area contributed by atoms with E-state index < -0.39 is 5.97 Å². The summed E-state index contributed by atoms with van der Waals surface area (Å²) in [4.78, 5) is 21.9. The van der Waals surface area contributed by atoms with Crippen LogP contribution in [0.4, 0.5) is 0 Å². The van der Waals surface area contributed by atoms with Gasteiger partial charge in [-0.25, -0.2) is 4.79 Å². The van der Waals surface area contributed by atoms with Crippen LogP contribution in [0.2, 0.25) is 0 Å². The number of carboxylic acids is 1. The molecule has 1 aromatic carbocycles. The molecule has 3 nitrogen and oxygen atoms in total. The van der Waals surface area contributed by atoms with Gasteiger partial charge in [-0.2, -0.15) is 0 Å². The van der Waals surface area contributed by atoms with E-state index in [0.717, 1.165) is 18.6 Å². The second kappa shape index (κ2) is 8.25. The molecule has 1 N–H and O–H groups in total. The zero-order chi connectivity index (χ0) is 14.1. The summed E-state index contributed by atoms with van der Waals surface area (Å²) >= 11 is 0. The van der Waals surface area contributed by atoms with Crippen molar-refractivity contribution >= 4 is 11.8 Å². The number of carboxylic acid groups (broad SMARTS) is 1. The number of carbonyl (C=O) groups excluding carboxylic acids is 1. The van der Waals surface area contributed by atoms with E-state index in [9.17, 15) is 9.59 Å². The Bertz CT molecular complexity index is 444. The molecule has 0 amide bonds. The minimum atomic E-state index is -1.11. The van der Waals surface area contributed by atoms with Crippen molar-refractivity contribution in [3.63, 3.8) is 0 Å². The molecule has 0 radical (unpaired) electrons. The van der Waals surface area contributed by atoms with Crippen LogP contribution in [-0.4, -0.2) is 16.9 Å². The third-order valence-corrected chi connectivity index (χ3v) is 2.93. The molecule has 0 aliphatic heterocycles. The molecular weight excluding hydrogens is 240 g/mol. The highest BCUT2D eigenvalue weighted by Crippen LogP contribution is 2.10. The van der Waals surface area contributed by atoms with Gasteiger partial charge >= 0.3 is 5.97 Å². The Hall–Kier alpha value is -1.90. The molecule has 0 unspecified atom stereocenters. The Kier molecular flexibility index (Phi) is 6.58. The fourth-order valence-electron chi connectivity index (χ4n) is 1.83. The topological polar surface area (TPSA) is 54.4 Å². The van der Waals surface area contributed by atoms with E-state index in [4.69, 9.17) is 5.11 Å². The highest BCUT2D eigenvalue weighted by molar-refractivity contribution is 6.06. The molecule has 0 heterocycles. The molecule has 0 fully saturated rings. The number of benzene rings is 1. The monoisotopic (exact) mass is 260 g/mol. The molecule has 0 aromatic heterocycles. The summed E-state index contributed by atoms with van der Waals surface area (Å²) in [5, 5.41) is 8.46. The van der Waals surface area contributed by atoms with Crippen molar-refractivity contribution in [2.24, 2.45) is 0 Å². The molecule has 102 valence electrons. The van der Waals surface area contributed by atoms with Gasteiger partial charge in [-0.3, -0.25) is 4.79 Å². The normalized spacial score (nSPS) is 10.8. The molecule has 0 saturated heterocycles. The van der Waals surface area contributed by atoms with Gasteiger partial charge < -0.3 is 5.11 Å². The predicted octanol–water partition coefficient (Wildman–Crippen LogP) is 3.63. The van der Waals surface area contributed by atoms with Crippen molar-refractivity contribution in [1.29, 1.82) is 0 Å². The zero-order valence-corrected chi connectivity index (χ0v) is 11.3. The fraction of sp³-hybridized carbons (Fsp3) is 0.375. The smallest absolute Gasteiger partial charge is 0.328 e. The number of carbonyl (C=O) groups is 2. The van der Waals surface area contributed by atoms with Crippen molar-refractivity contribution in [3.8, 4) is 0 Å². The average Bonchev–Trinajstić information content (AvgIpc) is 2.41. The van der Waals surface area contributed by atoms with Gasteiger partial charge in [-0.05, 0) is 24.5 Å². The van der Waals surface area contributed by atoms with Gasteiger partial charge in [0.25, 0.3) is 0 Å². The van der Waals surface area contributed by atoms with Gasteiger partial charge in [0.2, 0.25) is 0 Å². The highest BCUT2D eigenvalue weighted by atomic mass is 16.4. The SMILES string of the molecule is CCCCCCc1ccc(C(=O)/C=C\C(=O)O)cc1. The summed E-state index contributed by atoms with van der Waals surface area (Å²) in [6.07, 6.45) is 7.86. The maximum atomic E-state index is 11.6. The second-order valence-electron chi connectivity index (χ2n) is 4.54. The molecule has 3 heteroatoms. The van der Waals surface area contributed by atoms with Crippen LogP contribution in [0.5, 0.6) is 0 Å². The van der Waals surface area contributed by atoms with Crippen LogP contribution in [0.3, 0.4) is 0 Å². The van der Waals surface area contributed by atoms with E-state index in [0.29, 0.717) is 5.56 Å². The molecule has 0 bridgehead atoms. The van der Waals surface area contributed by atoms with Crippen molar-refractivity contribution < 1.29 is 14.7 Å². The van der Waals surface area contributed by atoms with Crippen molar-refractivity contribution in [2.45, 2.75) is 39.0 Å². The number of aryl methyl sites for hydroxylation is 1. The van der Waals surface area contributed by atoms with Crippen molar-refractivity contribution in [2.75, 3.05) is 0 Å². The van der Waals surface area contributed by atoms with Crippen LogP contribution in [0.15, 0.2) is 36.4 Å². The van der Waals surface area contributed by atoms with Gasteiger partial charge in [0.1, 0.15) is 0 Å². The van der Waals surface area contributed by atoms with Gasteiger partial charge in [-0.15, -0.1) is 0 Å². The third kappa shape index (κ3) is 6.00. The Morgan fingerprint density at radius 2 is 1.74 bits per heavy atom. The number of unbranched alkanes of at least 4 members (excludes halogenated alkanes) is 3. The molecular formula is C16H20O3. The van der Waals surface area contributed by atoms with E-state index in [1.54, 1.807) is 12.1 Å². The van der Waals surface area contributed by atoms with Gasteiger partial charge in [0.05, 0.1) is 0 Å². The van der Waals surface area contributed by atoms with Gasteiger partial charge in [0.15, 0.2) is 5.78 Å². The minimum absolute atomic E-state index is 0.278. The largest absolute Gasteiger partial charge is 0.478 e. The molecule has 0 saturated carbocycles. The molecule has 0 aliphatic carbocycles. The second-order valence-corrected chi connectivity index (χ2v) is 4.54. The molecule has 0 atom stereocenters. The van der Waals surface area contributed by atoms with Crippen LogP contribution >= 0.6 is 0 Å². The Balaban J connectivity index is 2.51. The number of hydrogen-bond acceptors (Lipinski definition) is 2. The first-order valence-electron chi connectivity index (χ1n) is 6.67. The Morgan fingerprint density at radius 1 is 1.05 bits per heavy atom. The Labute approximate surface area is 114 Å². The van der Waals surface area contributed by atoms with E-state index >= 15 is 0 Å². The maximum Gasteiger partial charge on any atom is 0.328 e. The number of aliphatic carboxylic acids is 1. The number of hydrogen-bond donors (Lipinski definition) is 1. The molecule has 19 heavy (non-hydrogen) atoms. The van der Waals surface area contributed by atoms with E-state index in [-0.39, 0.29) is 5.78 Å². The quantitative estimate of drug-likeness (QED) is 0.441. The van der Waals surface area contributed by atoms with Crippen LogP contribution in [0.1, 0.15) is 48.5 Å². The zero-order valence-electron chi connectivity index (χ0n) is 11.3.